The molecule has 128 valence electrons. The first-order valence-electron chi connectivity index (χ1n) is 7.89. The fourth-order valence-electron chi connectivity index (χ4n) is 2.66. The van der Waals surface area contributed by atoms with Gasteiger partial charge in [0.15, 0.2) is 11.5 Å². The summed E-state index contributed by atoms with van der Waals surface area (Å²) in [6, 6.07) is 17.3. The quantitative estimate of drug-likeness (QED) is 0.532. The zero-order chi connectivity index (χ0) is 17.8. The van der Waals surface area contributed by atoms with Crippen LogP contribution in [-0.4, -0.2) is 17.7 Å². The molecule has 3 aromatic carbocycles. The predicted molar refractivity (Wildman–Crippen MR) is 106 cm³/mol. The minimum atomic E-state index is -0.987. The van der Waals surface area contributed by atoms with Gasteiger partial charge in [-0.3, -0.25) is 0 Å². The summed E-state index contributed by atoms with van der Waals surface area (Å²) in [7, 11) is 0. The maximum absolute atomic E-state index is 11.2. The van der Waals surface area contributed by atoms with Crippen LogP contribution in [0.2, 0.25) is 0 Å². The van der Waals surface area contributed by atoms with Crippen molar-refractivity contribution in [1.29, 1.82) is 0 Å². The van der Waals surface area contributed by atoms with E-state index in [2.05, 4.69) is 40.8 Å². The molecule has 4 nitrogen and oxygen atoms in total. The minimum absolute atomic E-state index is 0.186. The summed E-state index contributed by atoms with van der Waals surface area (Å²) >= 11 is 2.08. The van der Waals surface area contributed by atoms with Crippen LogP contribution < -0.4 is 9.47 Å². The van der Waals surface area contributed by atoms with Crippen LogP contribution in [0.5, 0.6) is 11.5 Å². The molecule has 0 heterocycles. The number of ether oxygens (including phenoxy) is 2. The van der Waals surface area contributed by atoms with Gasteiger partial charge in [0, 0.05) is 0 Å². The molecule has 25 heavy (non-hydrogen) atoms. The van der Waals surface area contributed by atoms with E-state index in [9.17, 15) is 9.90 Å². The molecular weight excluding hydrogens is 431 g/mol. The summed E-state index contributed by atoms with van der Waals surface area (Å²) in [6.45, 7) is 2.67. The molecule has 0 spiro atoms. The minimum Gasteiger partial charge on any atom is -0.490 e. The average Bonchev–Trinajstić information content (AvgIpc) is 2.61. The van der Waals surface area contributed by atoms with Crippen LogP contribution in [0.1, 0.15) is 22.8 Å². The van der Waals surface area contributed by atoms with Crippen molar-refractivity contribution >= 4 is 39.3 Å². The molecular formula is C20H17IO4. The lowest BCUT2D eigenvalue weighted by Crippen LogP contribution is -2.05. The van der Waals surface area contributed by atoms with Gasteiger partial charge in [-0.2, -0.15) is 0 Å². The molecule has 0 amide bonds. The number of carboxylic acids is 1. The number of fused-ring (bicyclic) bond motifs is 1. The molecule has 0 fully saturated rings. The Bertz CT molecular complexity index is 915. The number of hydrogen-bond donors (Lipinski definition) is 1. The lowest BCUT2D eigenvalue weighted by Gasteiger charge is -2.15. The summed E-state index contributed by atoms with van der Waals surface area (Å²) in [4.78, 5) is 11.2. The van der Waals surface area contributed by atoms with Crippen LogP contribution in [0.25, 0.3) is 10.8 Å². The van der Waals surface area contributed by atoms with Crippen molar-refractivity contribution in [2.45, 2.75) is 13.5 Å². The van der Waals surface area contributed by atoms with Gasteiger partial charge in [0.25, 0.3) is 0 Å². The van der Waals surface area contributed by atoms with Crippen molar-refractivity contribution in [1.82, 2.24) is 0 Å². The topological polar surface area (TPSA) is 55.8 Å². The number of aromatic carboxylic acids is 1. The van der Waals surface area contributed by atoms with E-state index in [1.807, 2.05) is 31.2 Å². The van der Waals surface area contributed by atoms with Crippen LogP contribution in [0.4, 0.5) is 0 Å². The fraction of sp³-hybridized carbons (Fsp3) is 0.150. The van der Waals surface area contributed by atoms with E-state index >= 15 is 0 Å². The lowest BCUT2D eigenvalue weighted by molar-refractivity contribution is 0.0696. The van der Waals surface area contributed by atoms with Gasteiger partial charge in [-0.25, -0.2) is 4.79 Å². The van der Waals surface area contributed by atoms with Crippen molar-refractivity contribution in [3.8, 4) is 11.5 Å². The highest BCUT2D eigenvalue weighted by molar-refractivity contribution is 14.1. The number of hydrogen-bond acceptors (Lipinski definition) is 3. The number of rotatable bonds is 6. The summed E-state index contributed by atoms with van der Waals surface area (Å²) in [5.41, 5.74) is 1.25. The van der Waals surface area contributed by atoms with Crippen LogP contribution >= 0.6 is 22.6 Å². The van der Waals surface area contributed by atoms with Crippen LogP contribution in [-0.2, 0) is 6.61 Å². The molecule has 0 unspecified atom stereocenters. The Morgan fingerprint density at radius 3 is 2.60 bits per heavy atom. The van der Waals surface area contributed by atoms with Crippen molar-refractivity contribution in [3.63, 3.8) is 0 Å². The van der Waals surface area contributed by atoms with Gasteiger partial charge >= 0.3 is 5.97 Å². The van der Waals surface area contributed by atoms with Crippen LogP contribution in [0.3, 0.4) is 0 Å². The zero-order valence-electron chi connectivity index (χ0n) is 13.7. The van der Waals surface area contributed by atoms with Crippen LogP contribution in [0, 0.1) is 3.57 Å². The summed E-state index contributed by atoms with van der Waals surface area (Å²) in [5, 5.41) is 11.5. The highest BCUT2D eigenvalue weighted by Crippen LogP contribution is 2.35. The first-order chi connectivity index (χ1) is 12.1. The molecule has 0 aliphatic carbocycles. The van der Waals surface area contributed by atoms with Gasteiger partial charge in [0.05, 0.1) is 15.7 Å². The third-order valence-corrected chi connectivity index (χ3v) is 4.61. The van der Waals surface area contributed by atoms with E-state index in [4.69, 9.17) is 9.47 Å². The van der Waals surface area contributed by atoms with Crippen molar-refractivity contribution < 1.29 is 19.4 Å². The smallest absolute Gasteiger partial charge is 0.335 e. The Hall–Kier alpha value is -2.28. The van der Waals surface area contributed by atoms with Gasteiger partial charge in [0.1, 0.15) is 6.61 Å². The lowest BCUT2D eigenvalue weighted by atomic mass is 10.1. The fourth-order valence-corrected chi connectivity index (χ4v) is 3.42. The van der Waals surface area contributed by atoms with Crippen LogP contribution in [0.15, 0.2) is 54.6 Å². The molecule has 0 aliphatic rings. The largest absolute Gasteiger partial charge is 0.490 e. The van der Waals surface area contributed by atoms with Crippen molar-refractivity contribution in [2.75, 3.05) is 6.61 Å². The molecule has 0 bridgehead atoms. The van der Waals surface area contributed by atoms with E-state index in [0.29, 0.717) is 28.3 Å². The van der Waals surface area contributed by atoms with Gasteiger partial charge in [-0.15, -0.1) is 0 Å². The second kappa shape index (κ2) is 7.74. The molecule has 0 saturated heterocycles. The monoisotopic (exact) mass is 448 g/mol. The molecule has 3 rings (SSSR count). The molecule has 3 aromatic rings. The Balaban J connectivity index is 1.93. The molecule has 5 heteroatoms. The van der Waals surface area contributed by atoms with E-state index < -0.39 is 5.97 Å². The average molecular weight is 448 g/mol. The second-order valence-corrected chi connectivity index (χ2v) is 6.61. The molecule has 1 N–H and O–H groups in total. The Morgan fingerprint density at radius 1 is 1.08 bits per heavy atom. The SMILES string of the molecule is CCOc1cc(C(=O)O)cc(I)c1OCc1cccc2ccccc12. The predicted octanol–water partition coefficient (Wildman–Crippen LogP) is 5.12. The van der Waals surface area contributed by atoms with Crippen molar-refractivity contribution in [2.24, 2.45) is 0 Å². The number of carboxylic acid groups (broad SMARTS) is 1. The third-order valence-electron chi connectivity index (χ3n) is 3.81. The Kier molecular flexibility index (Phi) is 5.43. The number of benzene rings is 3. The van der Waals surface area contributed by atoms with Gasteiger partial charge < -0.3 is 14.6 Å². The highest BCUT2D eigenvalue weighted by atomic mass is 127. The maximum atomic E-state index is 11.2. The molecule has 0 radical (unpaired) electrons. The highest BCUT2D eigenvalue weighted by Gasteiger charge is 2.16. The first-order valence-corrected chi connectivity index (χ1v) is 8.97. The third kappa shape index (κ3) is 3.87. The summed E-state index contributed by atoms with van der Waals surface area (Å²) in [5.74, 6) is 0.0342. The Labute approximate surface area is 159 Å². The normalized spacial score (nSPS) is 10.6. The Morgan fingerprint density at radius 2 is 1.84 bits per heavy atom. The van der Waals surface area contributed by atoms with Gasteiger partial charge in [0.2, 0.25) is 0 Å². The molecule has 0 aliphatic heterocycles. The second-order valence-electron chi connectivity index (χ2n) is 5.45. The number of carbonyl (C=O) groups is 1. The molecule has 0 aromatic heterocycles. The van der Waals surface area contributed by atoms with E-state index in [1.165, 1.54) is 6.07 Å². The van der Waals surface area contributed by atoms with E-state index in [0.717, 1.165) is 16.3 Å². The zero-order valence-corrected chi connectivity index (χ0v) is 15.8. The van der Waals surface area contributed by atoms with E-state index in [1.54, 1.807) is 6.07 Å². The standard InChI is InChI=1S/C20H17IO4/c1-2-24-18-11-15(20(22)23)10-17(21)19(18)25-12-14-8-5-7-13-6-3-4-9-16(13)14/h3-11H,2,12H2,1H3,(H,22,23). The van der Waals surface area contributed by atoms with E-state index in [-0.39, 0.29) is 5.56 Å². The summed E-state index contributed by atoms with van der Waals surface area (Å²) < 4.78 is 12.3. The summed E-state index contributed by atoms with van der Waals surface area (Å²) in [6.07, 6.45) is 0. The maximum Gasteiger partial charge on any atom is 0.335 e. The van der Waals surface area contributed by atoms with Gasteiger partial charge in [-0.05, 0) is 58.0 Å². The molecule has 0 atom stereocenters. The molecule has 0 saturated carbocycles. The van der Waals surface area contributed by atoms with Gasteiger partial charge in [-0.1, -0.05) is 42.5 Å². The number of halogens is 1. The van der Waals surface area contributed by atoms with Crippen molar-refractivity contribution in [3.05, 3.63) is 69.3 Å². The first kappa shape index (κ1) is 17.5.